The maximum Gasteiger partial charge on any atom is 0.410 e. The van der Waals surface area contributed by atoms with E-state index in [1.807, 2.05) is 25.7 Å². The first-order chi connectivity index (χ1) is 9.80. The second kappa shape index (κ2) is 6.22. The van der Waals surface area contributed by atoms with E-state index >= 15 is 0 Å². The van der Waals surface area contributed by atoms with Crippen molar-refractivity contribution in [3.63, 3.8) is 0 Å². The zero-order valence-corrected chi connectivity index (χ0v) is 13.2. The quantitative estimate of drug-likeness (QED) is 0.832. The average Bonchev–Trinajstić information content (AvgIpc) is 2.85. The Hall–Kier alpha value is -1.30. The highest BCUT2D eigenvalue weighted by Crippen LogP contribution is 2.30. The van der Waals surface area contributed by atoms with E-state index in [-0.39, 0.29) is 25.1 Å². The van der Waals surface area contributed by atoms with Gasteiger partial charge in [0.25, 0.3) is 0 Å². The Kier molecular flexibility index (Phi) is 4.76. The Morgan fingerprint density at radius 1 is 1.33 bits per heavy atom. The molecule has 0 radical (unpaired) electrons. The van der Waals surface area contributed by atoms with Gasteiger partial charge in [-0.3, -0.25) is 9.69 Å². The molecule has 0 unspecified atom stereocenters. The first-order valence-electron chi connectivity index (χ1n) is 7.68. The first-order valence-corrected chi connectivity index (χ1v) is 7.68. The van der Waals surface area contributed by atoms with Gasteiger partial charge in [-0.15, -0.1) is 0 Å². The van der Waals surface area contributed by atoms with Gasteiger partial charge in [0.1, 0.15) is 12.1 Å². The van der Waals surface area contributed by atoms with Crippen LogP contribution < -0.4 is 0 Å². The Bertz CT molecular complexity index is 405. The fourth-order valence-electron chi connectivity index (χ4n) is 3.05. The number of rotatable bonds is 2. The largest absolute Gasteiger partial charge is 0.444 e. The summed E-state index contributed by atoms with van der Waals surface area (Å²) in [6, 6.07) is 0.218. The number of aliphatic hydroxyl groups is 1. The van der Waals surface area contributed by atoms with Crippen LogP contribution in [-0.4, -0.2) is 64.8 Å². The molecule has 1 N–H and O–H groups in total. The summed E-state index contributed by atoms with van der Waals surface area (Å²) in [6.45, 7) is 6.81. The Labute approximate surface area is 126 Å². The molecule has 2 aliphatic rings. The molecule has 2 atom stereocenters. The minimum Gasteiger partial charge on any atom is -0.444 e. The summed E-state index contributed by atoms with van der Waals surface area (Å²) in [6.07, 6.45) is 2.37. The smallest absolute Gasteiger partial charge is 0.410 e. The van der Waals surface area contributed by atoms with Gasteiger partial charge < -0.3 is 14.7 Å². The van der Waals surface area contributed by atoms with Crippen LogP contribution in [0.25, 0.3) is 0 Å². The molecule has 0 aromatic heterocycles. The van der Waals surface area contributed by atoms with Gasteiger partial charge in [-0.05, 0) is 46.0 Å². The van der Waals surface area contributed by atoms with Gasteiger partial charge >= 0.3 is 6.09 Å². The van der Waals surface area contributed by atoms with E-state index in [1.54, 1.807) is 0 Å². The minimum absolute atomic E-state index is 0.0179. The van der Waals surface area contributed by atoms with Crippen LogP contribution in [0, 0.1) is 5.92 Å². The molecular weight excluding hydrogens is 272 g/mol. The lowest BCUT2D eigenvalue weighted by Crippen LogP contribution is -2.55. The SMILES string of the molecule is CC(C)(C)OC(=O)N1CCN([C@@H]2CC[C@@H](CO)C2)C(=O)C1. The van der Waals surface area contributed by atoms with Crippen LogP contribution in [0.1, 0.15) is 40.0 Å². The summed E-state index contributed by atoms with van der Waals surface area (Å²) < 4.78 is 5.30. The third-order valence-electron chi connectivity index (χ3n) is 4.12. The van der Waals surface area contributed by atoms with Crippen LogP contribution in [0.2, 0.25) is 0 Å². The lowest BCUT2D eigenvalue weighted by Gasteiger charge is -2.38. The molecule has 6 heteroatoms. The van der Waals surface area contributed by atoms with Crippen LogP contribution in [-0.2, 0) is 9.53 Å². The molecule has 1 saturated carbocycles. The highest BCUT2D eigenvalue weighted by molar-refractivity contribution is 5.84. The third kappa shape index (κ3) is 4.09. The van der Waals surface area contributed by atoms with Crippen molar-refractivity contribution in [3.05, 3.63) is 0 Å². The highest BCUT2D eigenvalue weighted by atomic mass is 16.6. The number of piperazine rings is 1. The minimum atomic E-state index is -0.545. The molecule has 1 saturated heterocycles. The van der Waals surface area contributed by atoms with Crippen molar-refractivity contribution in [2.45, 2.75) is 51.7 Å². The van der Waals surface area contributed by atoms with Gasteiger partial charge in [-0.25, -0.2) is 4.79 Å². The first kappa shape index (κ1) is 16.1. The van der Waals surface area contributed by atoms with E-state index in [0.717, 1.165) is 19.3 Å². The Morgan fingerprint density at radius 3 is 2.57 bits per heavy atom. The van der Waals surface area contributed by atoms with Crippen molar-refractivity contribution in [3.8, 4) is 0 Å². The van der Waals surface area contributed by atoms with Gasteiger partial charge in [-0.1, -0.05) is 0 Å². The summed E-state index contributed by atoms with van der Waals surface area (Å²) in [7, 11) is 0. The molecule has 0 aromatic carbocycles. The molecule has 0 bridgehead atoms. The summed E-state index contributed by atoms with van der Waals surface area (Å²) >= 11 is 0. The number of amides is 2. The Balaban J connectivity index is 1.88. The summed E-state index contributed by atoms with van der Waals surface area (Å²) in [5.41, 5.74) is -0.545. The topological polar surface area (TPSA) is 70.1 Å². The molecule has 6 nitrogen and oxygen atoms in total. The van der Waals surface area contributed by atoms with Crippen molar-refractivity contribution in [2.24, 2.45) is 5.92 Å². The molecule has 0 spiro atoms. The average molecular weight is 298 g/mol. The number of hydrogen-bond acceptors (Lipinski definition) is 4. The zero-order valence-electron chi connectivity index (χ0n) is 13.2. The van der Waals surface area contributed by atoms with Crippen molar-refractivity contribution in [1.82, 2.24) is 9.80 Å². The fourth-order valence-corrected chi connectivity index (χ4v) is 3.05. The lowest BCUT2D eigenvalue weighted by atomic mass is 10.1. The lowest BCUT2D eigenvalue weighted by molar-refractivity contribution is -0.138. The molecule has 0 aromatic rings. The normalized spacial score (nSPS) is 27.1. The number of nitrogens with zero attached hydrogens (tertiary/aromatic N) is 2. The van der Waals surface area contributed by atoms with E-state index in [4.69, 9.17) is 4.74 Å². The summed E-state index contributed by atoms with van der Waals surface area (Å²) in [5, 5.41) is 9.20. The maximum atomic E-state index is 12.3. The number of carbonyl (C=O) groups is 2. The van der Waals surface area contributed by atoms with Gasteiger partial charge in [0.05, 0.1) is 0 Å². The Morgan fingerprint density at radius 2 is 2.05 bits per heavy atom. The number of hydrogen-bond donors (Lipinski definition) is 1. The number of carbonyl (C=O) groups excluding carboxylic acids is 2. The maximum absolute atomic E-state index is 12.3. The van der Waals surface area contributed by atoms with Crippen molar-refractivity contribution >= 4 is 12.0 Å². The summed E-state index contributed by atoms with van der Waals surface area (Å²) in [4.78, 5) is 27.6. The molecule has 21 heavy (non-hydrogen) atoms. The van der Waals surface area contributed by atoms with Gasteiger partial charge in [-0.2, -0.15) is 0 Å². The van der Waals surface area contributed by atoms with Gasteiger partial charge in [0.15, 0.2) is 0 Å². The summed E-state index contributed by atoms with van der Waals surface area (Å²) in [5.74, 6) is 0.294. The molecule has 2 rings (SSSR count). The van der Waals surface area contributed by atoms with Gasteiger partial charge in [0, 0.05) is 25.7 Å². The molecule has 120 valence electrons. The van der Waals surface area contributed by atoms with Crippen molar-refractivity contribution < 1.29 is 19.4 Å². The molecule has 1 heterocycles. The second-order valence-corrected chi connectivity index (χ2v) is 7.00. The molecule has 2 amide bonds. The van der Waals surface area contributed by atoms with E-state index in [9.17, 15) is 14.7 Å². The van der Waals surface area contributed by atoms with Gasteiger partial charge in [0.2, 0.25) is 5.91 Å². The highest BCUT2D eigenvalue weighted by Gasteiger charge is 2.36. The van der Waals surface area contributed by atoms with E-state index < -0.39 is 11.7 Å². The number of aliphatic hydroxyl groups excluding tert-OH is 1. The molecule has 2 fully saturated rings. The number of ether oxygens (including phenoxy) is 1. The van der Waals surface area contributed by atoms with E-state index in [0.29, 0.717) is 19.0 Å². The monoisotopic (exact) mass is 298 g/mol. The van der Waals surface area contributed by atoms with Crippen LogP contribution in [0.3, 0.4) is 0 Å². The fraction of sp³-hybridized carbons (Fsp3) is 0.867. The molecule has 1 aliphatic heterocycles. The third-order valence-corrected chi connectivity index (χ3v) is 4.12. The second-order valence-electron chi connectivity index (χ2n) is 7.00. The van der Waals surface area contributed by atoms with Crippen LogP contribution in [0.15, 0.2) is 0 Å². The molecular formula is C15H26N2O4. The zero-order chi connectivity index (χ0) is 15.6. The predicted molar refractivity (Wildman–Crippen MR) is 77.7 cm³/mol. The predicted octanol–water partition coefficient (Wildman–Crippen LogP) is 1.23. The van der Waals surface area contributed by atoms with E-state index in [2.05, 4.69) is 0 Å². The molecule has 1 aliphatic carbocycles. The van der Waals surface area contributed by atoms with Crippen molar-refractivity contribution in [1.29, 1.82) is 0 Å². The standard InChI is InChI=1S/C15H26N2O4/c1-15(2,3)21-14(20)16-6-7-17(13(19)9-16)12-5-4-11(8-12)10-18/h11-12,18H,4-10H2,1-3H3/t11-,12-/m1/s1. The van der Waals surface area contributed by atoms with Crippen molar-refractivity contribution in [2.75, 3.05) is 26.2 Å². The van der Waals surface area contributed by atoms with Crippen LogP contribution in [0.4, 0.5) is 4.79 Å². The van der Waals surface area contributed by atoms with Crippen LogP contribution >= 0.6 is 0 Å². The van der Waals surface area contributed by atoms with E-state index in [1.165, 1.54) is 4.90 Å². The van der Waals surface area contributed by atoms with Crippen LogP contribution in [0.5, 0.6) is 0 Å².